The smallest absolute Gasteiger partial charge is 0.254 e. The monoisotopic (exact) mass is 313 g/mol. The molecular weight excluding hydrogens is 301 g/mol. The third-order valence-corrected chi connectivity index (χ3v) is 4.18. The number of hydrogen-bond donors (Lipinski definition) is 3. The summed E-state index contributed by atoms with van der Waals surface area (Å²) in [6.45, 7) is 1.83. The van der Waals surface area contributed by atoms with Crippen LogP contribution in [0.15, 0.2) is 30.3 Å². The van der Waals surface area contributed by atoms with Crippen LogP contribution in [0.4, 0.5) is 10.1 Å². The van der Waals surface area contributed by atoms with Crippen molar-refractivity contribution in [3.05, 3.63) is 50.9 Å². The van der Waals surface area contributed by atoms with E-state index in [2.05, 4.69) is 10.7 Å². The number of rotatable bonds is 4. The van der Waals surface area contributed by atoms with E-state index in [4.69, 9.17) is 17.4 Å². The number of para-hydroxylation sites is 1. The van der Waals surface area contributed by atoms with Gasteiger partial charge in [0.25, 0.3) is 5.91 Å². The van der Waals surface area contributed by atoms with E-state index in [1.807, 2.05) is 13.0 Å². The molecule has 7 heteroatoms. The SMILES string of the molecule is CC(NC(=O)c1cccc(F)c1NN)c1ccc(Cl)s1. The normalized spacial score (nSPS) is 12.0. The second-order valence-corrected chi connectivity index (χ2v) is 5.89. The number of benzene rings is 1. The van der Waals surface area contributed by atoms with E-state index in [9.17, 15) is 9.18 Å². The van der Waals surface area contributed by atoms with Gasteiger partial charge in [-0.1, -0.05) is 17.7 Å². The summed E-state index contributed by atoms with van der Waals surface area (Å²) in [5.41, 5.74) is 2.34. The number of anilines is 1. The van der Waals surface area contributed by atoms with Gasteiger partial charge >= 0.3 is 0 Å². The lowest BCUT2D eigenvalue weighted by molar-refractivity contribution is 0.0941. The summed E-state index contributed by atoms with van der Waals surface area (Å²) in [5, 5.41) is 2.78. The molecule has 0 aliphatic carbocycles. The number of nitrogens with one attached hydrogen (secondary N) is 2. The van der Waals surface area contributed by atoms with Crippen LogP contribution in [0.1, 0.15) is 28.2 Å². The molecule has 1 unspecified atom stereocenters. The minimum Gasteiger partial charge on any atom is -0.345 e. The summed E-state index contributed by atoms with van der Waals surface area (Å²) in [4.78, 5) is 13.1. The van der Waals surface area contributed by atoms with Gasteiger partial charge in [-0.3, -0.25) is 10.6 Å². The van der Waals surface area contributed by atoms with Crippen LogP contribution in [0.3, 0.4) is 0 Å². The van der Waals surface area contributed by atoms with Gasteiger partial charge < -0.3 is 10.7 Å². The molecular formula is C13H13ClFN3OS. The third-order valence-electron chi connectivity index (χ3n) is 2.77. The predicted molar refractivity (Wildman–Crippen MR) is 79.4 cm³/mol. The second kappa shape index (κ2) is 6.21. The fourth-order valence-electron chi connectivity index (χ4n) is 1.77. The molecule has 1 aromatic carbocycles. The molecule has 4 nitrogen and oxygen atoms in total. The van der Waals surface area contributed by atoms with E-state index in [1.54, 1.807) is 6.07 Å². The van der Waals surface area contributed by atoms with Crippen LogP contribution in [0.2, 0.25) is 4.34 Å². The number of nitrogens with two attached hydrogens (primary N) is 1. The summed E-state index contributed by atoms with van der Waals surface area (Å²) in [6, 6.07) is 7.56. The first kappa shape index (κ1) is 14.8. The van der Waals surface area contributed by atoms with Crippen LogP contribution in [0.5, 0.6) is 0 Å². The lowest BCUT2D eigenvalue weighted by Crippen LogP contribution is -2.27. The molecule has 0 saturated carbocycles. The average molecular weight is 314 g/mol. The van der Waals surface area contributed by atoms with E-state index in [0.29, 0.717) is 4.34 Å². The van der Waals surface area contributed by atoms with Crippen LogP contribution in [0.25, 0.3) is 0 Å². The van der Waals surface area contributed by atoms with Crippen molar-refractivity contribution in [2.24, 2.45) is 5.84 Å². The molecule has 2 aromatic rings. The van der Waals surface area contributed by atoms with E-state index < -0.39 is 11.7 Å². The molecule has 0 aliphatic rings. The Morgan fingerprint density at radius 2 is 2.15 bits per heavy atom. The molecule has 0 spiro atoms. The van der Waals surface area contributed by atoms with Crippen molar-refractivity contribution < 1.29 is 9.18 Å². The van der Waals surface area contributed by atoms with Crippen molar-refractivity contribution in [1.29, 1.82) is 0 Å². The Balaban J connectivity index is 2.18. The third kappa shape index (κ3) is 3.09. The van der Waals surface area contributed by atoms with Gasteiger partial charge in [-0.15, -0.1) is 11.3 Å². The Bertz CT molecular complexity index is 632. The Morgan fingerprint density at radius 3 is 2.75 bits per heavy atom. The molecule has 106 valence electrons. The first-order chi connectivity index (χ1) is 9.52. The number of hydrazine groups is 1. The van der Waals surface area contributed by atoms with Gasteiger partial charge in [0.2, 0.25) is 0 Å². The molecule has 20 heavy (non-hydrogen) atoms. The Labute approximate surface area is 124 Å². The van der Waals surface area contributed by atoms with Crippen LogP contribution in [0, 0.1) is 5.82 Å². The second-order valence-electron chi connectivity index (χ2n) is 4.14. The molecule has 0 radical (unpaired) electrons. The zero-order chi connectivity index (χ0) is 14.7. The molecule has 0 saturated heterocycles. The molecule has 0 aliphatic heterocycles. The number of amides is 1. The highest BCUT2D eigenvalue weighted by Crippen LogP contribution is 2.27. The van der Waals surface area contributed by atoms with Crippen molar-refractivity contribution in [2.75, 3.05) is 5.43 Å². The summed E-state index contributed by atoms with van der Waals surface area (Å²) >= 11 is 7.24. The highest BCUT2D eigenvalue weighted by molar-refractivity contribution is 7.16. The molecule has 0 bridgehead atoms. The van der Waals surface area contributed by atoms with E-state index >= 15 is 0 Å². The first-order valence-corrected chi connectivity index (χ1v) is 7.03. The number of thiophene rings is 1. The number of hydrogen-bond acceptors (Lipinski definition) is 4. The number of carbonyl (C=O) groups is 1. The van der Waals surface area contributed by atoms with Gasteiger partial charge in [0.05, 0.1) is 21.6 Å². The Morgan fingerprint density at radius 1 is 1.40 bits per heavy atom. The lowest BCUT2D eigenvalue weighted by Gasteiger charge is -2.14. The predicted octanol–water partition coefficient (Wildman–Crippen LogP) is 3.32. The summed E-state index contributed by atoms with van der Waals surface area (Å²) in [7, 11) is 0. The molecule has 1 heterocycles. The molecule has 0 fully saturated rings. The number of nitrogen functional groups attached to an aromatic ring is 1. The zero-order valence-corrected chi connectivity index (χ0v) is 12.2. The number of halogens is 2. The largest absolute Gasteiger partial charge is 0.345 e. The highest BCUT2D eigenvalue weighted by Gasteiger charge is 2.17. The van der Waals surface area contributed by atoms with Gasteiger partial charge in [0.1, 0.15) is 5.82 Å². The fourth-order valence-corrected chi connectivity index (χ4v) is 2.83. The van der Waals surface area contributed by atoms with Crippen molar-refractivity contribution >= 4 is 34.5 Å². The van der Waals surface area contributed by atoms with Gasteiger partial charge in [-0.25, -0.2) is 4.39 Å². The maximum Gasteiger partial charge on any atom is 0.254 e. The molecule has 1 aromatic heterocycles. The molecule has 2 rings (SSSR count). The molecule has 1 amide bonds. The average Bonchev–Trinajstić information content (AvgIpc) is 2.85. The van der Waals surface area contributed by atoms with E-state index in [0.717, 1.165) is 4.88 Å². The van der Waals surface area contributed by atoms with Crippen molar-refractivity contribution in [3.63, 3.8) is 0 Å². The number of carbonyl (C=O) groups excluding carboxylic acids is 1. The highest BCUT2D eigenvalue weighted by atomic mass is 35.5. The van der Waals surface area contributed by atoms with Gasteiger partial charge in [-0.2, -0.15) is 0 Å². The van der Waals surface area contributed by atoms with Crippen molar-refractivity contribution in [1.82, 2.24) is 5.32 Å². The minimum atomic E-state index is -0.577. The van der Waals surface area contributed by atoms with Crippen LogP contribution in [-0.4, -0.2) is 5.91 Å². The zero-order valence-electron chi connectivity index (χ0n) is 10.6. The molecule has 1 atom stereocenters. The van der Waals surface area contributed by atoms with Crippen molar-refractivity contribution in [3.8, 4) is 0 Å². The minimum absolute atomic E-state index is 0.0265. The summed E-state index contributed by atoms with van der Waals surface area (Å²) in [5.74, 6) is 4.26. The van der Waals surface area contributed by atoms with Gasteiger partial charge in [-0.05, 0) is 31.2 Å². The van der Waals surface area contributed by atoms with Gasteiger partial charge in [0, 0.05) is 4.88 Å². The first-order valence-electron chi connectivity index (χ1n) is 5.84. The quantitative estimate of drug-likeness (QED) is 0.599. The van der Waals surface area contributed by atoms with E-state index in [-0.39, 0.29) is 17.3 Å². The lowest BCUT2D eigenvalue weighted by atomic mass is 10.1. The summed E-state index contributed by atoms with van der Waals surface area (Å²) in [6.07, 6.45) is 0. The maximum atomic E-state index is 13.5. The van der Waals surface area contributed by atoms with Crippen LogP contribution in [-0.2, 0) is 0 Å². The fraction of sp³-hybridized carbons (Fsp3) is 0.154. The van der Waals surface area contributed by atoms with Crippen LogP contribution < -0.4 is 16.6 Å². The van der Waals surface area contributed by atoms with Crippen LogP contribution >= 0.6 is 22.9 Å². The van der Waals surface area contributed by atoms with Crippen molar-refractivity contribution in [2.45, 2.75) is 13.0 Å². The Hall–Kier alpha value is -1.63. The topological polar surface area (TPSA) is 67.2 Å². The summed E-state index contributed by atoms with van der Waals surface area (Å²) < 4.78 is 14.2. The maximum absolute atomic E-state index is 13.5. The molecule has 4 N–H and O–H groups in total. The standard InChI is InChI=1S/C13H13ClFN3OS/c1-7(10-5-6-11(14)20-10)17-13(19)8-3-2-4-9(15)12(8)18-16/h2-7,18H,16H2,1H3,(H,17,19). The van der Waals surface area contributed by atoms with Gasteiger partial charge in [0.15, 0.2) is 0 Å². The Kier molecular flexibility index (Phi) is 4.59. The van der Waals surface area contributed by atoms with E-state index in [1.165, 1.54) is 29.5 Å².